The van der Waals surface area contributed by atoms with Crippen LogP contribution in [0.25, 0.3) is 0 Å². The maximum absolute atomic E-state index is 11.6. The number of carbonyl (C=O) groups is 2. The molecule has 0 saturated heterocycles. The molecule has 0 aromatic heterocycles. The number of methoxy groups -OCH3 is 1. The van der Waals surface area contributed by atoms with Gasteiger partial charge in [-0.3, -0.25) is 4.79 Å². The highest BCUT2D eigenvalue weighted by Crippen LogP contribution is 2.07. The molecule has 0 rings (SSSR count). The normalized spacial score (nSPS) is 12.7. The Bertz CT molecular complexity index is 423. The van der Waals surface area contributed by atoms with Gasteiger partial charge in [0.25, 0.3) is 0 Å². The maximum Gasteiger partial charge on any atom is 0.347 e. The third-order valence-corrected chi connectivity index (χ3v) is 4.29. The lowest BCUT2D eigenvalue weighted by Gasteiger charge is -2.15. The second kappa shape index (κ2) is 10.9. The van der Waals surface area contributed by atoms with Crippen LogP contribution in [0, 0.1) is 0 Å². The zero-order valence-electron chi connectivity index (χ0n) is 12.3. The predicted octanol–water partition coefficient (Wildman–Crippen LogP) is 0.501. The Kier molecular flexibility index (Phi) is 10.4. The van der Waals surface area contributed by atoms with E-state index in [1.54, 1.807) is 0 Å². The van der Waals surface area contributed by atoms with Crippen LogP contribution in [0.15, 0.2) is 0 Å². The summed E-state index contributed by atoms with van der Waals surface area (Å²) in [6.07, 6.45) is 1.27. The number of hydrogen-bond donors (Lipinski definition) is 2. The van der Waals surface area contributed by atoms with E-state index in [1.807, 2.05) is 6.92 Å². The summed E-state index contributed by atoms with van der Waals surface area (Å²) in [6.45, 7) is 1.43. The zero-order valence-corrected chi connectivity index (χ0v) is 14.0. The molecular weight excluding hydrogens is 318 g/mol. The molecule has 0 fully saturated rings. The SMILES string of the molecule is CCCC[C@@H](OC(=O)CNS(=O)(=O)CCCS)C(=O)OC. The molecule has 0 aromatic carbocycles. The largest absolute Gasteiger partial charge is 0.466 e. The maximum atomic E-state index is 11.6. The van der Waals surface area contributed by atoms with E-state index in [2.05, 4.69) is 22.1 Å². The summed E-state index contributed by atoms with van der Waals surface area (Å²) in [5, 5.41) is 0. The van der Waals surface area contributed by atoms with Crippen LogP contribution in [-0.4, -0.2) is 51.6 Å². The van der Waals surface area contributed by atoms with Crippen LogP contribution in [0.5, 0.6) is 0 Å². The quantitative estimate of drug-likeness (QED) is 0.419. The van der Waals surface area contributed by atoms with Crippen molar-refractivity contribution in [3.63, 3.8) is 0 Å². The van der Waals surface area contributed by atoms with Gasteiger partial charge in [-0.2, -0.15) is 12.6 Å². The van der Waals surface area contributed by atoms with Crippen molar-refractivity contribution in [2.75, 3.05) is 25.2 Å². The minimum Gasteiger partial charge on any atom is -0.466 e. The molecule has 0 aliphatic rings. The lowest BCUT2D eigenvalue weighted by molar-refractivity contribution is -0.165. The highest BCUT2D eigenvalue weighted by molar-refractivity contribution is 7.89. The van der Waals surface area contributed by atoms with Gasteiger partial charge in [-0.25, -0.2) is 17.9 Å². The lowest BCUT2D eigenvalue weighted by atomic mass is 10.1. The van der Waals surface area contributed by atoms with Gasteiger partial charge in [0.05, 0.1) is 12.9 Å². The Hall–Kier alpha value is -0.800. The van der Waals surface area contributed by atoms with Crippen LogP contribution in [0.2, 0.25) is 0 Å². The Morgan fingerprint density at radius 1 is 1.29 bits per heavy atom. The molecule has 0 amide bonds. The summed E-state index contributed by atoms with van der Waals surface area (Å²) in [6, 6.07) is 0. The van der Waals surface area contributed by atoms with E-state index >= 15 is 0 Å². The fourth-order valence-electron chi connectivity index (χ4n) is 1.44. The van der Waals surface area contributed by atoms with Crippen molar-refractivity contribution in [2.24, 2.45) is 0 Å². The number of ether oxygens (including phenoxy) is 2. The van der Waals surface area contributed by atoms with Crippen LogP contribution in [0.3, 0.4) is 0 Å². The number of sulfonamides is 1. The van der Waals surface area contributed by atoms with Gasteiger partial charge in [-0.05, 0) is 25.0 Å². The molecule has 1 N–H and O–H groups in total. The number of unbranched alkanes of at least 4 members (excludes halogenated alkanes) is 1. The number of esters is 2. The molecule has 0 unspecified atom stereocenters. The van der Waals surface area contributed by atoms with Gasteiger partial charge in [0.2, 0.25) is 10.0 Å². The van der Waals surface area contributed by atoms with E-state index in [0.717, 1.165) is 6.42 Å². The van der Waals surface area contributed by atoms with E-state index in [9.17, 15) is 18.0 Å². The molecule has 1 atom stereocenters. The smallest absolute Gasteiger partial charge is 0.347 e. The number of hydrogen-bond acceptors (Lipinski definition) is 7. The van der Waals surface area contributed by atoms with Crippen molar-refractivity contribution < 1.29 is 27.5 Å². The van der Waals surface area contributed by atoms with Crippen LogP contribution >= 0.6 is 12.6 Å². The van der Waals surface area contributed by atoms with Gasteiger partial charge in [-0.1, -0.05) is 13.3 Å². The predicted molar refractivity (Wildman–Crippen MR) is 81.7 cm³/mol. The molecule has 0 spiro atoms. The summed E-state index contributed by atoms with van der Waals surface area (Å²) in [5.41, 5.74) is 0. The Labute approximate surface area is 131 Å². The molecule has 7 nitrogen and oxygen atoms in total. The average molecular weight is 341 g/mol. The van der Waals surface area contributed by atoms with Gasteiger partial charge >= 0.3 is 11.9 Å². The second-order valence-corrected chi connectivity index (χ2v) is 6.73. The van der Waals surface area contributed by atoms with Gasteiger partial charge < -0.3 is 9.47 Å². The molecule has 0 heterocycles. The molecule has 0 aliphatic carbocycles. The van der Waals surface area contributed by atoms with E-state index < -0.39 is 34.6 Å². The van der Waals surface area contributed by atoms with Crippen LogP contribution in [0.4, 0.5) is 0 Å². The molecular formula is C12H23NO6S2. The number of carbonyl (C=O) groups excluding carboxylic acids is 2. The summed E-state index contributed by atoms with van der Waals surface area (Å²) in [5.74, 6) is -1.13. The Morgan fingerprint density at radius 2 is 1.95 bits per heavy atom. The molecule has 0 aromatic rings. The molecule has 0 aliphatic heterocycles. The van der Waals surface area contributed by atoms with Gasteiger partial charge in [-0.15, -0.1) is 0 Å². The Balaban J connectivity index is 4.34. The van der Waals surface area contributed by atoms with Crippen molar-refractivity contribution in [1.29, 1.82) is 0 Å². The minimum atomic E-state index is -3.53. The molecule has 124 valence electrons. The molecule has 21 heavy (non-hydrogen) atoms. The van der Waals surface area contributed by atoms with Crippen LogP contribution in [-0.2, 0) is 29.1 Å². The third kappa shape index (κ3) is 9.70. The van der Waals surface area contributed by atoms with E-state index in [-0.39, 0.29) is 5.75 Å². The first-order valence-corrected chi connectivity index (χ1v) is 9.00. The van der Waals surface area contributed by atoms with E-state index in [0.29, 0.717) is 25.0 Å². The second-order valence-electron chi connectivity index (χ2n) is 4.36. The highest BCUT2D eigenvalue weighted by Gasteiger charge is 2.23. The summed E-state index contributed by atoms with van der Waals surface area (Å²) >= 11 is 3.92. The summed E-state index contributed by atoms with van der Waals surface area (Å²) in [7, 11) is -2.33. The van der Waals surface area contributed by atoms with Crippen molar-refractivity contribution in [2.45, 2.75) is 38.7 Å². The van der Waals surface area contributed by atoms with Crippen molar-refractivity contribution in [1.82, 2.24) is 4.72 Å². The van der Waals surface area contributed by atoms with E-state index in [4.69, 9.17) is 4.74 Å². The summed E-state index contributed by atoms with van der Waals surface area (Å²) < 4.78 is 34.6. The minimum absolute atomic E-state index is 0.111. The fourth-order valence-corrected chi connectivity index (χ4v) is 2.82. The number of thiol groups is 1. The van der Waals surface area contributed by atoms with Crippen molar-refractivity contribution in [3.8, 4) is 0 Å². The molecule has 0 radical (unpaired) electrons. The number of rotatable bonds is 11. The number of nitrogens with one attached hydrogen (secondary N) is 1. The zero-order chi connectivity index (χ0) is 16.3. The lowest BCUT2D eigenvalue weighted by Crippen LogP contribution is -2.36. The average Bonchev–Trinajstić information content (AvgIpc) is 2.46. The first-order valence-electron chi connectivity index (χ1n) is 6.71. The molecule has 0 saturated carbocycles. The fraction of sp³-hybridized carbons (Fsp3) is 0.833. The highest BCUT2D eigenvalue weighted by atomic mass is 32.2. The molecule has 9 heteroatoms. The first kappa shape index (κ1) is 20.2. The van der Waals surface area contributed by atoms with Crippen molar-refractivity contribution >= 4 is 34.6 Å². The summed E-state index contributed by atoms with van der Waals surface area (Å²) in [4.78, 5) is 23.0. The Morgan fingerprint density at radius 3 is 2.48 bits per heavy atom. The third-order valence-electron chi connectivity index (χ3n) is 2.57. The van der Waals surface area contributed by atoms with Gasteiger partial charge in [0.1, 0.15) is 6.54 Å². The standard InChI is InChI=1S/C12H23NO6S2/c1-3-4-6-10(12(15)18-2)19-11(14)9-13-21(16,17)8-5-7-20/h10,13,20H,3-9H2,1-2H3/t10-/m1/s1. The van der Waals surface area contributed by atoms with Crippen molar-refractivity contribution in [3.05, 3.63) is 0 Å². The molecule has 0 bridgehead atoms. The topological polar surface area (TPSA) is 98.8 Å². The van der Waals surface area contributed by atoms with Gasteiger partial charge in [0, 0.05) is 0 Å². The monoisotopic (exact) mass is 341 g/mol. The first-order chi connectivity index (χ1) is 9.86. The van der Waals surface area contributed by atoms with Gasteiger partial charge in [0.15, 0.2) is 6.10 Å². The van der Waals surface area contributed by atoms with E-state index in [1.165, 1.54) is 7.11 Å². The van der Waals surface area contributed by atoms with Crippen LogP contribution < -0.4 is 4.72 Å². The van der Waals surface area contributed by atoms with Crippen LogP contribution in [0.1, 0.15) is 32.6 Å².